The van der Waals surface area contributed by atoms with Crippen LogP contribution >= 0.6 is 24.2 Å². The maximum absolute atomic E-state index is 12.2. The lowest BCUT2D eigenvalue weighted by Gasteiger charge is -2.24. The molecule has 2 atom stereocenters. The van der Waals surface area contributed by atoms with Crippen LogP contribution in [0, 0.1) is 0 Å². The molecule has 0 fully saturated rings. The lowest BCUT2D eigenvalue weighted by Crippen LogP contribution is -2.42. The summed E-state index contributed by atoms with van der Waals surface area (Å²) in [6.45, 7) is 1.68. The molecule has 1 amide bonds. The van der Waals surface area contributed by atoms with Gasteiger partial charge in [0.15, 0.2) is 0 Å². The molecule has 0 saturated heterocycles. The molecule has 2 rings (SSSR count). The Bertz CT molecular complexity index is 692. The number of carbonyl (C=O) groups is 3. The fourth-order valence-corrected chi connectivity index (χ4v) is 2.79. The third-order valence-corrected chi connectivity index (χ3v) is 4.09. The van der Waals surface area contributed by atoms with Crippen molar-refractivity contribution in [2.75, 3.05) is 5.75 Å². The summed E-state index contributed by atoms with van der Waals surface area (Å²) in [4.78, 5) is 35.1. The number of halogens is 1. The summed E-state index contributed by atoms with van der Waals surface area (Å²) < 4.78 is 5.03. The lowest BCUT2D eigenvalue weighted by atomic mass is 9.95. The topological polar surface area (TPSA) is 113 Å². The Kier molecular flexibility index (Phi) is 5.06. The zero-order valence-electron chi connectivity index (χ0n) is 12.0. The average Bonchev–Trinajstić information content (AvgIpc) is 2.47. The summed E-state index contributed by atoms with van der Waals surface area (Å²) in [5.74, 6) is -3.65. The van der Waals surface area contributed by atoms with Crippen molar-refractivity contribution in [2.24, 2.45) is 0 Å². The van der Waals surface area contributed by atoms with E-state index in [-0.39, 0.29) is 21.9 Å². The Balaban J connectivity index is 2.44. The molecular weight excluding hydrogens is 346 g/mol. The number of ether oxygens (including phenoxy) is 1. The van der Waals surface area contributed by atoms with Crippen molar-refractivity contribution in [1.29, 1.82) is 0 Å². The van der Waals surface area contributed by atoms with Crippen LogP contribution in [0.1, 0.15) is 33.2 Å². The van der Waals surface area contributed by atoms with Crippen LogP contribution in [0.5, 0.6) is 5.75 Å². The Morgan fingerprint density at radius 3 is 2.78 bits per heavy atom. The number of thiol groups is 1. The molecule has 0 aliphatic carbocycles. The molecule has 23 heavy (non-hydrogen) atoms. The van der Waals surface area contributed by atoms with Gasteiger partial charge in [0.25, 0.3) is 5.91 Å². The summed E-state index contributed by atoms with van der Waals surface area (Å²) in [5, 5.41) is 21.5. The van der Waals surface area contributed by atoms with Crippen LogP contribution in [0.4, 0.5) is 0 Å². The average molecular weight is 360 g/mol. The third-order valence-electron chi connectivity index (χ3n) is 3.39. The van der Waals surface area contributed by atoms with Gasteiger partial charge in [0.05, 0.1) is 5.56 Å². The van der Waals surface area contributed by atoms with E-state index in [1.54, 1.807) is 6.92 Å². The molecule has 1 heterocycles. The van der Waals surface area contributed by atoms with Gasteiger partial charge in [-0.25, -0.2) is 9.59 Å². The van der Waals surface area contributed by atoms with E-state index >= 15 is 0 Å². The van der Waals surface area contributed by atoms with Crippen LogP contribution in [0.15, 0.2) is 6.07 Å². The maximum Gasteiger partial charge on any atom is 0.342 e. The molecule has 0 bridgehead atoms. The Morgan fingerprint density at radius 1 is 1.57 bits per heavy atom. The first-order chi connectivity index (χ1) is 10.8. The molecule has 1 aliphatic rings. The number of carboxylic acids is 1. The largest absolute Gasteiger partial charge is 0.506 e. The molecule has 124 valence electrons. The summed E-state index contributed by atoms with van der Waals surface area (Å²) >= 11 is 9.93. The first kappa shape index (κ1) is 17.4. The van der Waals surface area contributed by atoms with Gasteiger partial charge in [-0.05, 0) is 18.6 Å². The van der Waals surface area contributed by atoms with Crippen LogP contribution in [-0.2, 0) is 16.0 Å². The monoisotopic (exact) mass is 359 g/mol. The van der Waals surface area contributed by atoms with Gasteiger partial charge >= 0.3 is 11.9 Å². The predicted molar refractivity (Wildman–Crippen MR) is 84.4 cm³/mol. The third kappa shape index (κ3) is 3.37. The number of rotatable bonds is 4. The molecule has 0 saturated carbocycles. The number of phenols is 1. The van der Waals surface area contributed by atoms with Crippen LogP contribution in [0.25, 0.3) is 0 Å². The first-order valence-electron chi connectivity index (χ1n) is 6.66. The van der Waals surface area contributed by atoms with Crippen molar-refractivity contribution in [2.45, 2.75) is 25.5 Å². The molecule has 1 aromatic rings. The van der Waals surface area contributed by atoms with Gasteiger partial charge in [0.1, 0.15) is 23.5 Å². The standard InChI is InChI=1S/C14H14ClNO6S/c1-5-2-6-8(15)3-7(11(17)10(6)14(21)22-5)12(18)16-9(4-23)13(19)20/h3,5,9,17,23H,2,4H2,1H3,(H,16,18)(H,19,20). The van der Waals surface area contributed by atoms with Gasteiger partial charge in [0.2, 0.25) is 0 Å². The molecule has 0 spiro atoms. The van der Waals surface area contributed by atoms with E-state index < -0.39 is 35.7 Å². The number of fused-ring (bicyclic) bond motifs is 1. The van der Waals surface area contributed by atoms with Crippen molar-refractivity contribution < 1.29 is 29.3 Å². The van der Waals surface area contributed by atoms with Gasteiger partial charge in [-0.3, -0.25) is 4.79 Å². The zero-order chi connectivity index (χ0) is 17.3. The van der Waals surface area contributed by atoms with Crippen LogP contribution in [-0.4, -0.2) is 46.0 Å². The Hall–Kier alpha value is -1.93. The number of esters is 1. The van der Waals surface area contributed by atoms with Crippen molar-refractivity contribution in [1.82, 2.24) is 5.32 Å². The van der Waals surface area contributed by atoms with Gasteiger partial charge in [0, 0.05) is 17.2 Å². The molecule has 9 heteroatoms. The number of amides is 1. The van der Waals surface area contributed by atoms with E-state index in [9.17, 15) is 19.5 Å². The number of cyclic esters (lactones) is 1. The molecule has 2 unspecified atom stereocenters. The minimum absolute atomic E-state index is 0.129. The lowest BCUT2D eigenvalue weighted by molar-refractivity contribution is -0.138. The van der Waals surface area contributed by atoms with Crippen molar-refractivity contribution in [3.8, 4) is 5.75 Å². The molecule has 1 aromatic carbocycles. The number of hydrogen-bond donors (Lipinski definition) is 4. The molecule has 0 radical (unpaired) electrons. The fraction of sp³-hybridized carbons (Fsp3) is 0.357. The van der Waals surface area contributed by atoms with Gasteiger partial charge in [-0.2, -0.15) is 12.6 Å². The van der Waals surface area contributed by atoms with Crippen molar-refractivity contribution >= 4 is 42.1 Å². The number of aromatic hydroxyl groups is 1. The van der Waals surface area contributed by atoms with E-state index in [1.807, 2.05) is 0 Å². The van der Waals surface area contributed by atoms with Crippen molar-refractivity contribution in [3.63, 3.8) is 0 Å². The van der Waals surface area contributed by atoms with Gasteiger partial charge in [-0.1, -0.05) is 11.6 Å². The number of phenolic OH excluding ortho intramolecular Hbond substituents is 1. The van der Waals surface area contributed by atoms with Gasteiger partial charge in [-0.15, -0.1) is 0 Å². The highest BCUT2D eigenvalue weighted by Gasteiger charge is 2.32. The molecule has 0 aromatic heterocycles. The van der Waals surface area contributed by atoms with E-state index in [4.69, 9.17) is 21.4 Å². The minimum atomic E-state index is -1.27. The number of benzene rings is 1. The quantitative estimate of drug-likeness (QED) is 0.475. The highest BCUT2D eigenvalue weighted by Crippen LogP contribution is 2.36. The number of carboxylic acid groups (broad SMARTS) is 1. The second-order valence-electron chi connectivity index (χ2n) is 5.08. The fourth-order valence-electron chi connectivity index (χ4n) is 2.26. The highest BCUT2D eigenvalue weighted by atomic mass is 35.5. The number of carbonyl (C=O) groups excluding carboxylic acids is 2. The summed E-state index contributed by atoms with van der Waals surface area (Å²) in [7, 11) is 0. The second-order valence-corrected chi connectivity index (χ2v) is 5.85. The van der Waals surface area contributed by atoms with Crippen LogP contribution < -0.4 is 5.32 Å². The highest BCUT2D eigenvalue weighted by molar-refractivity contribution is 7.80. The molecular formula is C14H14ClNO6S. The number of hydrogen-bond acceptors (Lipinski definition) is 6. The van der Waals surface area contributed by atoms with Crippen LogP contribution in [0.3, 0.4) is 0 Å². The molecule has 1 aliphatic heterocycles. The smallest absolute Gasteiger partial charge is 0.342 e. The zero-order valence-corrected chi connectivity index (χ0v) is 13.6. The van der Waals surface area contributed by atoms with E-state index in [0.717, 1.165) is 0 Å². The second kappa shape index (κ2) is 6.67. The summed E-state index contributed by atoms with van der Waals surface area (Å²) in [5.41, 5.74) is -0.0692. The van der Waals surface area contributed by atoms with E-state index in [2.05, 4.69) is 17.9 Å². The normalized spacial score (nSPS) is 17.9. The Morgan fingerprint density at radius 2 is 2.22 bits per heavy atom. The Labute approximate surface area is 142 Å². The number of nitrogens with one attached hydrogen (secondary N) is 1. The summed E-state index contributed by atoms with van der Waals surface area (Å²) in [6.07, 6.45) is -0.0869. The van der Waals surface area contributed by atoms with Crippen LogP contribution in [0.2, 0.25) is 5.02 Å². The SMILES string of the molecule is CC1Cc2c(Cl)cc(C(=O)NC(CS)C(=O)O)c(O)c2C(=O)O1. The molecule has 7 nitrogen and oxygen atoms in total. The minimum Gasteiger partial charge on any atom is -0.506 e. The van der Waals surface area contributed by atoms with E-state index in [1.165, 1.54) is 6.07 Å². The summed E-state index contributed by atoms with van der Waals surface area (Å²) in [6, 6.07) is -0.0413. The maximum atomic E-state index is 12.2. The predicted octanol–water partition coefficient (Wildman–Crippen LogP) is 1.26. The van der Waals surface area contributed by atoms with Crippen molar-refractivity contribution in [3.05, 3.63) is 27.8 Å². The van der Waals surface area contributed by atoms with E-state index in [0.29, 0.717) is 12.0 Å². The van der Waals surface area contributed by atoms with Gasteiger partial charge < -0.3 is 20.3 Å². The first-order valence-corrected chi connectivity index (χ1v) is 7.67. The number of aliphatic carboxylic acids is 1. The molecule has 3 N–H and O–H groups in total.